The molecule has 1 fully saturated rings. The van der Waals surface area contributed by atoms with Crippen LogP contribution in [0.4, 0.5) is 9.18 Å². The number of carboxylic acid groups (broad SMARTS) is 1. The highest BCUT2D eigenvalue weighted by atomic mass is 19.1. The quantitative estimate of drug-likeness (QED) is 0.414. The van der Waals surface area contributed by atoms with Gasteiger partial charge in [-0.2, -0.15) is 0 Å². The standard InChI is InChI=1S/C27H30FNO4/c1-2-3-14-32-25-16-19(15-21-6-4-5-7-23(21)25)18-33-26-17-29(27(30)31)13-12-24(26)20-8-10-22(28)11-9-20/h4-11,15-16,24,26H,2-3,12-14,17-18H2,1H3,(H,30,31). The van der Waals surface area contributed by atoms with Gasteiger partial charge in [-0.1, -0.05) is 49.7 Å². The zero-order chi connectivity index (χ0) is 23.2. The van der Waals surface area contributed by atoms with Gasteiger partial charge in [-0.3, -0.25) is 0 Å². The normalized spacial score (nSPS) is 18.4. The van der Waals surface area contributed by atoms with Gasteiger partial charge in [-0.25, -0.2) is 9.18 Å². The first-order valence-electron chi connectivity index (χ1n) is 11.5. The minimum Gasteiger partial charge on any atom is -0.493 e. The Morgan fingerprint density at radius 3 is 2.70 bits per heavy atom. The molecule has 6 heteroatoms. The van der Waals surface area contributed by atoms with Crippen LogP contribution >= 0.6 is 0 Å². The van der Waals surface area contributed by atoms with E-state index in [1.807, 2.05) is 18.2 Å². The van der Waals surface area contributed by atoms with E-state index in [0.29, 0.717) is 26.2 Å². The molecule has 1 amide bonds. The van der Waals surface area contributed by atoms with Crippen LogP contribution < -0.4 is 4.74 Å². The van der Waals surface area contributed by atoms with Gasteiger partial charge in [0.2, 0.25) is 0 Å². The van der Waals surface area contributed by atoms with Crippen molar-refractivity contribution in [2.45, 2.75) is 44.8 Å². The fourth-order valence-electron chi connectivity index (χ4n) is 4.42. The zero-order valence-electron chi connectivity index (χ0n) is 18.9. The number of rotatable bonds is 8. The summed E-state index contributed by atoms with van der Waals surface area (Å²) in [6, 6.07) is 18.6. The number of unbranched alkanes of at least 4 members (excludes halogenated alkanes) is 1. The minimum absolute atomic E-state index is 0.00179. The molecular weight excluding hydrogens is 421 g/mol. The smallest absolute Gasteiger partial charge is 0.407 e. The Labute approximate surface area is 193 Å². The summed E-state index contributed by atoms with van der Waals surface area (Å²) in [5, 5.41) is 11.6. The SMILES string of the molecule is CCCCOc1cc(COC2CN(C(=O)O)CCC2c2ccc(F)cc2)cc2ccccc12. The third-order valence-corrected chi connectivity index (χ3v) is 6.23. The maximum Gasteiger partial charge on any atom is 0.407 e. The van der Waals surface area contributed by atoms with Crippen molar-refractivity contribution < 1.29 is 23.8 Å². The van der Waals surface area contributed by atoms with Gasteiger partial charge in [0.15, 0.2) is 0 Å². The summed E-state index contributed by atoms with van der Waals surface area (Å²) in [6.07, 6.45) is 1.41. The third-order valence-electron chi connectivity index (χ3n) is 6.23. The molecule has 1 aliphatic rings. The van der Waals surface area contributed by atoms with Crippen molar-refractivity contribution in [3.05, 3.63) is 77.6 Å². The number of carbonyl (C=O) groups is 1. The number of amides is 1. The number of piperidine rings is 1. The lowest BCUT2D eigenvalue weighted by molar-refractivity contribution is -0.0199. The number of nitrogens with zero attached hydrogens (tertiary/aromatic N) is 1. The average Bonchev–Trinajstić information content (AvgIpc) is 2.83. The van der Waals surface area contributed by atoms with Crippen LogP contribution in [0.25, 0.3) is 10.8 Å². The van der Waals surface area contributed by atoms with E-state index in [4.69, 9.17) is 9.47 Å². The molecule has 2 unspecified atom stereocenters. The summed E-state index contributed by atoms with van der Waals surface area (Å²) < 4.78 is 25.8. The van der Waals surface area contributed by atoms with Crippen LogP contribution in [0.5, 0.6) is 5.75 Å². The van der Waals surface area contributed by atoms with E-state index in [1.165, 1.54) is 17.0 Å². The molecule has 0 saturated carbocycles. The molecule has 0 bridgehead atoms. The Kier molecular flexibility index (Phi) is 7.45. The Balaban J connectivity index is 1.55. The van der Waals surface area contributed by atoms with E-state index in [0.717, 1.165) is 40.5 Å². The zero-order valence-corrected chi connectivity index (χ0v) is 18.9. The molecule has 33 heavy (non-hydrogen) atoms. The van der Waals surface area contributed by atoms with E-state index in [-0.39, 0.29) is 24.4 Å². The number of halogens is 1. The molecule has 1 aliphatic heterocycles. The molecular formula is C27H30FNO4. The minimum atomic E-state index is -0.946. The molecule has 0 aromatic heterocycles. The van der Waals surface area contributed by atoms with E-state index < -0.39 is 6.09 Å². The van der Waals surface area contributed by atoms with Crippen molar-refractivity contribution in [3.8, 4) is 5.75 Å². The average molecular weight is 452 g/mol. The third kappa shape index (κ3) is 5.63. The van der Waals surface area contributed by atoms with E-state index in [2.05, 4.69) is 25.1 Å². The van der Waals surface area contributed by atoms with Crippen molar-refractivity contribution in [2.24, 2.45) is 0 Å². The second-order valence-corrected chi connectivity index (χ2v) is 8.54. The Morgan fingerprint density at radius 2 is 1.94 bits per heavy atom. The van der Waals surface area contributed by atoms with Gasteiger partial charge >= 0.3 is 6.09 Å². The number of ether oxygens (including phenoxy) is 2. The van der Waals surface area contributed by atoms with Gasteiger partial charge in [0.1, 0.15) is 11.6 Å². The van der Waals surface area contributed by atoms with Crippen molar-refractivity contribution in [2.75, 3.05) is 19.7 Å². The Bertz CT molecular complexity index is 1090. The topological polar surface area (TPSA) is 59.0 Å². The van der Waals surface area contributed by atoms with Gasteiger partial charge in [0, 0.05) is 17.8 Å². The molecule has 0 aliphatic carbocycles. The monoisotopic (exact) mass is 451 g/mol. The maximum absolute atomic E-state index is 13.4. The number of hydrogen-bond acceptors (Lipinski definition) is 3. The highest BCUT2D eigenvalue weighted by Crippen LogP contribution is 2.33. The molecule has 1 N–H and O–H groups in total. The second kappa shape index (κ2) is 10.7. The van der Waals surface area contributed by atoms with Crippen LogP contribution in [0.2, 0.25) is 0 Å². The summed E-state index contributed by atoms with van der Waals surface area (Å²) in [7, 11) is 0. The molecule has 0 spiro atoms. The number of likely N-dealkylation sites (tertiary alicyclic amines) is 1. The lowest BCUT2D eigenvalue weighted by atomic mass is 9.87. The first-order valence-corrected chi connectivity index (χ1v) is 11.5. The fraction of sp³-hybridized carbons (Fsp3) is 0.370. The molecule has 1 heterocycles. The number of benzene rings is 3. The highest BCUT2D eigenvalue weighted by molar-refractivity contribution is 5.89. The molecule has 3 aromatic rings. The van der Waals surface area contributed by atoms with Crippen molar-refractivity contribution in [3.63, 3.8) is 0 Å². The fourth-order valence-corrected chi connectivity index (χ4v) is 4.42. The lowest BCUT2D eigenvalue weighted by Crippen LogP contribution is -2.46. The Hall–Kier alpha value is -3.12. The van der Waals surface area contributed by atoms with Crippen molar-refractivity contribution in [1.82, 2.24) is 4.90 Å². The molecule has 5 nitrogen and oxygen atoms in total. The number of fused-ring (bicyclic) bond motifs is 1. The van der Waals surface area contributed by atoms with Crippen molar-refractivity contribution in [1.29, 1.82) is 0 Å². The van der Waals surface area contributed by atoms with Crippen LogP contribution in [-0.4, -0.2) is 41.9 Å². The highest BCUT2D eigenvalue weighted by Gasteiger charge is 2.33. The van der Waals surface area contributed by atoms with Crippen LogP contribution in [0.15, 0.2) is 60.7 Å². The van der Waals surface area contributed by atoms with Gasteiger partial charge in [0.05, 0.1) is 25.9 Å². The molecule has 4 rings (SSSR count). The van der Waals surface area contributed by atoms with Gasteiger partial charge < -0.3 is 19.5 Å². The predicted octanol–water partition coefficient (Wildman–Crippen LogP) is 6.21. The van der Waals surface area contributed by atoms with Crippen LogP contribution in [-0.2, 0) is 11.3 Å². The van der Waals surface area contributed by atoms with E-state index >= 15 is 0 Å². The molecule has 174 valence electrons. The molecule has 0 radical (unpaired) electrons. The summed E-state index contributed by atoms with van der Waals surface area (Å²) >= 11 is 0. The van der Waals surface area contributed by atoms with E-state index in [1.54, 1.807) is 12.1 Å². The summed E-state index contributed by atoms with van der Waals surface area (Å²) in [5.41, 5.74) is 1.94. The van der Waals surface area contributed by atoms with E-state index in [9.17, 15) is 14.3 Å². The van der Waals surface area contributed by atoms with Crippen molar-refractivity contribution >= 4 is 16.9 Å². The maximum atomic E-state index is 13.4. The van der Waals surface area contributed by atoms with Crippen LogP contribution in [0, 0.1) is 5.82 Å². The summed E-state index contributed by atoms with van der Waals surface area (Å²) in [5.74, 6) is 0.555. The molecule has 3 aromatic carbocycles. The van der Waals surface area contributed by atoms with Crippen LogP contribution in [0.3, 0.4) is 0 Å². The summed E-state index contributed by atoms with van der Waals surface area (Å²) in [4.78, 5) is 13.0. The second-order valence-electron chi connectivity index (χ2n) is 8.54. The van der Waals surface area contributed by atoms with Gasteiger partial charge in [-0.05, 0) is 53.6 Å². The summed E-state index contributed by atoms with van der Waals surface area (Å²) in [6.45, 7) is 3.85. The first-order chi connectivity index (χ1) is 16.0. The first kappa shape index (κ1) is 23.1. The van der Waals surface area contributed by atoms with Gasteiger partial charge in [-0.15, -0.1) is 0 Å². The lowest BCUT2D eigenvalue weighted by Gasteiger charge is -2.37. The van der Waals surface area contributed by atoms with Crippen LogP contribution in [0.1, 0.15) is 43.2 Å². The predicted molar refractivity (Wildman–Crippen MR) is 126 cm³/mol. The molecule has 1 saturated heterocycles. The Morgan fingerprint density at radius 1 is 1.15 bits per heavy atom. The molecule has 2 atom stereocenters. The van der Waals surface area contributed by atoms with Gasteiger partial charge in [0.25, 0.3) is 0 Å². The number of hydrogen-bond donors (Lipinski definition) is 1. The largest absolute Gasteiger partial charge is 0.493 e.